The second kappa shape index (κ2) is 6.53. The van der Waals surface area contributed by atoms with E-state index in [0.29, 0.717) is 17.5 Å². The molecule has 114 valence electrons. The summed E-state index contributed by atoms with van der Waals surface area (Å²) in [5.74, 6) is 0. The van der Waals surface area contributed by atoms with E-state index in [9.17, 15) is 8.42 Å². The van der Waals surface area contributed by atoms with Gasteiger partial charge in [-0.15, -0.1) is 11.3 Å². The lowest BCUT2D eigenvalue weighted by atomic mass is 10.3. The van der Waals surface area contributed by atoms with Gasteiger partial charge in [-0.05, 0) is 26.1 Å². The highest BCUT2D eigenvalue weighted by molar-refractivity contribution is 7.89. The Morgan fingerprint density at radius 2 is 2.25 bits per heavy atom. The third-order valence-electron chi connectivity index (χ3n) is 3.34. The van der Waals surface area contributed by atoms with Crippen molar-refractivity contribution in [1.29, 1.82) is 0 Å². The summed E-state index contributed by atoms with van der Waals surface area (Å²) >= 11 is 1.48. The molecule has 2 heterocycles. The number of thiophene rings is 1. The van der Waals surface area contributed by atoms with E-state index in [1.165, 1.54) is 11.3 Å². The molecular weight excluding hydrogens is 294 g/mol. The molecule has 0 bridgehead atoms. The zero-order valence-corrected chi connectivity index (χ0v) is 13.9. The van der Waals surface area contributed by atoms with Crippen LogP contribution in [0.1, 0.15) is 25.1 Å². The first-order valence-corrected chi connectivity index (χ1v) is 9.25. The highest BCUT2D eigenvalue weighted by Gasteiger charge is 2.26. The first-order chi connectivity index (χ1) is 9.37. The maximum Gasteiger partial charge on any atom is 0.241 e. The van der Waals surface area contributed by atoms with Crippen LogP contribution in [-0.4, -0.2) is 45.5 Å². The smallest absolute Gasteiger partial charge is 0.241 e. The minimum Gasteiger partial charge on any atom is -0.310 e. The standard InChI is InChI=1S/C13H23N3O2S2/c1-10(2)14-7-12-6-13(9-19-12)20(17,18)15-11-4-5-16(3)8-11/h6,9-11,14-15H,4-5,7-8H2,1-3H3. The number of rotatable bonds is 6. The minimum absolute atomic E-state index is 0.0298. The normalized spacial score (nSPS) is 20.9. The molecule has 1 atom stereocenters. The van der Waals surface area contributed by atoms with Crippen LogP contribution in [-0.2, 0) is 16.6 Å². The zero-order valence-electron chi connectivity index (χ0n) is 12.2. The van der Waals surface area contributed by atoms with E-state index >= 15 is 0 Å². The van der Waals surface area contributed by atoms with Gasteiger partial charge >= 0.3 is 0 Å². The molecule has 1 fully saturated rings. The van der Waals surface area contributed by atoms with Crippen molar-refractivity contribution in [3.8, 4) is 0 Å². The topological polar surface area (TPSA) is 61.4 Å². The largest absolute Gasteiger partial charge is 0.310 e. The monoisotopic (exact) mass is 317 g/mol. The maximum absolute atomic E-state index is 12.3. The van der Waals surface area contributed by atoms with Gasteiger partial charge in [-0.1, -0.05) is 13.8 Å². The quantitative estimate of drug-likeness (QED) is 0.828. The number of nitrogens with zero attached hydrogens (tertiary/aromatic N) is 1. The molecule has 0 amide bonds. The van der Waals surface area contributed by atoms with Crippen LogP contribution in [0.25, 0.3) is 0 Å². The van der Waals surface area contributed by atoms with Crippen LogP contribution in [0.5, 0.6) is 0 Å². The van der Waals surface area contributed by atoms with Crippen molar-refractivity contribution in [2.45, 2.75) is 43.8 Å². The van der Waals surface area contributed by atoms with Crippen molar-refractivity contribution in [3.05, 3.63) is 16.3 Å². The summed E-state index contributed by atoms with van der Waals surface area (Å²) < 4.78 is 27.4. The Kier molecular flexibility index (Phi) is 5.19. The lowest BCUT2D eigenvalue weighted by Crippen LogP contribution is -2.36. The fraction of sp³-hybridized carbons (Fsp3) is 0.692. The molecule has 7 heteroatoms. The van der Waals surface area contributed by atoms with Crippen molar-refractivity contribution in [2.75, 3.05) is 20.1 Å². The summed E-state index contributed by atoms with van der Waals surface area (Å²) in [6, 6.07) is 2.19. The molecule has 1 aliphatic heterocycles. The van der Waals surface area contributed by atoms with Gasteiger partial charge in [0.25, 0.3) is 0 Å². The van der Waals surface area contributed by atoms with E-state index in [-0.39, 0.29) is 6.04 Å². The van der Waals surface area contributed by atoms with Gasteiger partial charge in [0.2, 0.25) is 10.0 Å². The number of sulfonamides is 1. The van der Waals surface area contributed by atoms with E-state index in [4.69, 9.17) is 0 Å². The predicted molar refractivity (Wildman–Crippen MR) is 82.5 cm³/mol. The van der Waals surface area contributed by atoms with Crippen LogP contribution in [0.4, 0.5) is 0 Å². The van der Waals surface area contributed by atoms with E-state index in [1.54, 1.807) is 11.4 Å². The summed E-state index contributed by atoms with van der Waals surface area (Å²) in [6.07, 6.45) is 0.877. The zero-order chi connectivity index (χ0) is 14.8. The number of likely N-dealkylation sites (tertiary alicyclic amines) is 1. The van der Waals surface area contributed by atoms with Gasteiger partial charge in [0.15, 0.2) is 0 Å². The molecule has 20 heavy (non-hydrogen) atoms. The van der Waals surface area contributed by atoms with Crippen molar-refractivity contribution in [3.63, 3.8) is 0 Å². The lowest BCUT2D eigenvalue weighted by molar-refractivity contribution is 0.407. The average molecular weight is 317 g/mol. The van der Waals surface area contributed by atoms with Crippen molar-refractivity contribution < 1.29 is 8.42 Å². The molecule has 1 saturated heterocycles. The Morgan fingerprint density at radius 3 is 2.85 bits per heavy atom. The molecule has 0 radical (unpaired) electrons. The predicted octanol–water partition coefficient (Wildman–Crippen LogP) is 1.23. The first-order valence-electron chi connectivity index (χ1n) is 6.88. The molecule has 2 rings (SSSR count). The highest BCUT2D eigenvalue weighted by atomic mass is 32.2. The molecule has 0 aliphatic carbocycles. The Morgan fingerprint density at radius 1 is 1.50 bits per heavy atom. The van der Waals surface area contributed by atoms with Crippen molar-refractivity contribution in [1.82, 2.24) is 14.9 Å². The summed E-state index contributed by atoms with van der Waals surface area (Å²) in [7, 11) is -1.37. The summed E-state index contributed by atoms with van der Waals surface area (Å²) in [5.41, 5.74) is 0. The molecule has 1 aliphatic rings. The molecule has 0 spiro atoms. The fourth-order valence-electron chi connectivity index (χ4n) is 2.22. The van der Waals surface area contributed by atoms with Crippen molar-refractivity contribution >= 4 is 21.4 Å². The third-order valence-corrected chi connectivity index (χ3v) is 5.92. The minimum atomic E-state index is -3.38. The number of nitrogens with one attached hydrogen (secondary N) is 2. The molecule has 0 aromatic carbocycles. The van der Waals surface area contributed by atoms with Crippen LogP contribution >= 0.6 is 11.3 Å². The Hall–Kier alpha value is -0.470. The summed E-state index contributed by atoms with van der Waals surface area (Å²) in [5, 5.41) is 5.01. The van der Waals surface area contributed by atoms with Crippen LogP contribution < -0.4 is 10.0 Å². The second-order valence-corrected chi connectivity index (χ2v) is 8.36. The van der Waals surface area contributed by atoms with E-state index in [1.807, 2.05) is 7.05 Å². The third kappa shape index (κ3) is 4.26. The highest BCUT2D eigenvalue weighted by Crippen LogP contribution is 2.20. The number of hydrogen-bond acceptors (Lipinski definition) is 5. The summed E-state index contributed by atoms with van der Waals surface area (Å²) in [6.45, 7) is 6.59. The van der Waals surface area contributed by atoms with Crippen LogP contribution in [0.2, 0.25) is 0 Å². The summed E-state index contributed by atoms with van der Waals surface area (Å²) in [4.78, 5) is 3.57. The Labute approximate surface area is 125 Å². The fourth-order valence-corrected chi connectivity index (χ4v) is 4.71. The van der Waals surface area contributed by atoms with Gasteiger partial charge in [0.1, 0.15) is 0 Å². The van der Waals surface area contributed by atoms with Gasteiger partial charge < -0.3 is 10.2 Å². The van der Waals surface area contributed by atoms with Crippen LogP contribution in [0.3, 0.4) is 0 Å². The average Bonchev–Trinajstić information content (AvgIpc) is 2.95. The molecule has 2 N–H and O–H groups in total. The Bertz CT molecular complexity index is 540. The molecule has 1 aromatic heterocycles. The first kappa shape index (κ1) is 15.9. The van der Waals surface area contributed by atoms with Crippen LogP contribution in [0.15, 0.2) is 16.3 Å². The van der Waals surface area contributed by atoms with Crippen LogP contribution in [0, 0.1) is 0 Å². The second-order valence-electron chi connectivity index (χ2n) is 5.65. The van der Waals surface area contributed by atoms with Gasteiger partial charge in [0.05, 0.1) is 4.90 Å². The lowest BCUT2D eigenvalue weighted by Gasteiger charge is -2.12. The molecule has 1 unspecified atom stereocenters. The van der Waals surface area contributed by atoms with Gasteiger partial charge in [0, 0.05) is 35.4 Å². The van der Waals surface area contributed by atoms with E-state index in [2.05, 4.69) is 28.8 Å². The molecule has 1 aromatic rings. The SMILES string of the molecule is CC(C)NCc1cc(S(=O)(=O)NC2CCN(C)C2)cs1. The van der Waals surface area contributed by atoms with Gasteiger partial charge in [-0.3, -0.25) is 0 Å². The van der Waals surface area contributed by atoms with E-state index < -0.39 is 10.0 Å². The van der Waals surface area contributed by atoms with Crippen molar-refractivity contribution in [2.24, 2.45) is 0 Å². The molecule has 5 nitrogen and oxygen atoms in total. The van der Waals surface area contributed by atoms with Gasteiger partial charge in [-0.25, -0.2) is 13.1 Å². The molecular formula is C13H23N3O2S2. The maximum atomic E-state index is 12.3. The van der Waals surface area contributed by atoms with Gasteiger partial charge in [-0.2, -0.15) is 0 Å². The Balaban J connectivity index is 1.99. The molecule has 0 saturated carbocycles. The number of likely N-dealkylation sites (N-methyl/N-ethyl adjacent to an activating group) is 1. The number of hydrogen-bond donors (Lipinski definition) is 2. The van der Waals surface area contributed by atoms with E-state index in [0.717, 1.165) is 24.4 Å².